The first kappa shape index (κ1) is 17.8. The third kappa shape index (κ3) is 3.80. The maximum Gasteiger partial charge on any atom is 0.440 e. The monoisotopic (exact) mass is 374 g/mol. The minimum atomic E-state index is -3.43. The number of hydrogen-bond acceptors (Lipinski definition) is 8. The number of ether oxygens (including phenoxy) is 1. The van der Waals surface area contributed by atoms with Gasteiger partial charge in [0.25, 0.3) is 0 Å². The molecule has 0 aromatic carbocycles. The van der Waals surface area contributed by atoms with Gasteiger partial charge in [-0.3, -0.25) is 9.51 Å². The van der Waals surface area contributed by atoms with Crippen LogP contribution in [0.15, 0.2) is 9.32 Å². The molecule has 0 saturated carbocycles. The molecule has 1 amide bonds. The van der Waals surface area contributed by atoms with Crippen LogP contribution in [0.1, 0.15) is 26.2 Å². The summed E-state index contributed by atoms with van der Waals surface area (Å²) in [6.45, 7) is 3.63. The fraction of sp³-hybridized carbons (Fsp3) is 0.786. The zero-order chi connectivity index (χ0) is 18.2. The number of H-pyrrole nitrogens is 1. The van der Waals surface area contributed by atoms with Gasteiger partial charge in [-0.15, -0.1) is 0 Å². The number of anilines is 1. The average molecular weight is 374 g/mol. The van der Waals surface area contributed by atoms with E-state index in [4.69, 9.17) is 4.74 Å². The number of rotatable bonds is 5. The average Bonchev–Trinajstić information content (AvgIpc) is 3.10. The summed E-state index contributed by atoms with van der Waals surface area (Å²) in [5.41, 5.74) is -1.09. The van der Waals surface area contributed by atoms with E-state index in [2.05, 4.69) is 14.7 Å². The number of hydrogen-bond donors (Lipinski definition) is 1. The molecule has 25 heavy (non-hydrogen) atoms. The predicted octanol–water partition coefficient (Wildman–Crippen LogP) is 0.181. The topological polar surface area (TPSA) is 126 Å². The van der Waals surface area contributed by atoms with Gasteiger partial charge in [-0.1, -0.05) is 0 Å². The van der Waals surface area contributed by atoms with Crippen LogP contribution in [0.5, 0.6) is 0 Å². The largest absolute Gasteiger partial charge is 0.440 e. The normalized spacial score (nSPS) is 25.4. The molecule has 0 bridgehead atoms. The van der Waals surface area contributed by atoms with Gasteiger partial charge in [0.2, 0.25) is 11.4 Å². The van der Waals surface area contributed by atoms with E-state index < -0.39 is 33.2 Å². The Balaban J connectivity index is 1.50. The smallest absolute Gasteiger partial charge is 0.427 e. The number of carbonyl (C=O) groups is 1. The van der Waals surface area contributed by atoms with Crippen LogP contribution in [0.2, 0.25) is 0 Å². The Morgan fingerprint density at radius 2 is 1.96 bits per heavy atom. The Kier molecular flexibility index (Phi) is 4.76. The van der Waals surface area contributed by atoms with E-state index in [9.17, 15) is 18.0 Å². The number of aromatic amines is 1. The van der Waals surface area contributed by atoms with Gasteiger partial charge in [0, 0.05) is 25.9 Å². The van der Waals surface area contributed by atoms with Crippen LogP contribution >= 0.6 is 0 Å². The molecule has 2 saturated heterocycles. The Labute approximate surface area is 145 Å². The molecular formula is C14H22N4O6S. The first-order valence-corrected chi connectivity index (χ1v) is 10.2. The standard InChI is InChI=1S/C14H22N4O6S/c1-9-11(25(2,21)22)23-14(20)18(9)8-5-10-3-6-17(7-4-10)12-15-13(19)24-16-12/h9-11H,3-8H2,1-2H3,(H,15,16,19). The number of aromatic nitrogens is 2. The second-order valence-electron chi connectivity index (χ2n) is 6.65. The zero-order valence-corrected chi connectivity index (χ0v) is 15.0. The molecular weight excluding hydrogens is 352 g/mol. The Hall–Kier alpha value is -2.04. The summed E-state index contributed by atoms with van der Waals surface area (Å²) in [5.74, 6) is 0.280. The van der Waals surface area contributed by atoms with Crippen LogP contribution in [0.4, 0.5) is 10.7 Å². The second-order valence-corrected chi connectivity index (χ2v) is 8.78. The van der Waals surface area contributed by atoms with E-state index in [1.54, 1.807) is 6.92 Å². The highest BCUT2D eigenvalue weighted by atomic mass is 32.2. The number of cyclic esters (lactones) is 1. The second kappa shape index (κ2) is 6.70. The number of amides is 1. The molecule has 0 aliphatic carbocycles. The van der Waals surface area contributed by atoms with Crippen LogP contribution in [-0.2, 0) is 14.6 Å². The molecule has 1 N–H and O–H groups in total. The molecule has 10 nitrogen and oxygen atoms in total. The molecule has 2 atom stereocenters. The Morgan fingerprint density at radius 1 is 1.28 bits per heavy atom. The van der Waals surface area contributed by atoms with Crippen LogP contribution in [0.25, 0.3) is 0 Å². The highest BCUT2D eigenvalue weighted by Crippen LogP contribution is 2.27. The lowest BCUT2D eigenvalue weighted by Gasteiger charge is -2.32. The summed E-state index contributed by atoms with van der Waals surface area (Å²) < 4.78 is 32.8. The van der Waals surface area contributed by atoms with Crippen molar-refractivity contribution >= 4 is 21.9 Å². The lowest BCUT2D eigenvalue weighted by Crippen LogP contribution is -2.39. The number of piperidine rings is 1. The molecule has 1 aromatic heterocycles. The SMILES string of the molecule is CC1C(S(C)(=O)=O)OC(=O)N1CCC1CCN(c2noc(=O)[nH]2)CC1. The summed E-state index contributed by atoms with van der Waals surface area (Å²) in [4.78, 5) is 28.9. The van der Waals surface area contributed by atoms with Crippen LogP contribution in [-0.4, -0.2) is 66.9 Å². The van der Waals surface area contributed by atoms with Gasteiger partial charge in [0.1, 0.15) is 0 Å². The van der Waals surface area contributed by atoms with E-state index in [1.165, 1.54) is 4.90 Å². The maximum atomic E-state index is 11.9. The van der Waals surface area contributed by atoms with Gasteiger partial charge in [-0.25, -0.2) is 18.0 Å². The van der Waals surface area contributed by atoms with Gasteiger partial charge < -0.3 is 14.5 Å². The lowest BCUT2D eigenvalue weighted by molar-refractivity contribution is 0.149. The molecule has 2 aliphatic rings. The molecule has 3 heterocycles. The van der Waals surface area contributed by atoms with Gasteiger partial charge in [0.15, 0.2) is 9.84 Å². The third-order valence-electron chi connectivity index (χ3n) is 4.88. The van der Waals surface area contributed by atoms with Gasteiger partial charge in [-0.05, 0) is 37.3 Å². The van der Waals surface area contributed by atoms with E-state index >= 15 is 0 Å². The minimum absolute atomic E-state index is 0.409. The van der Waals surface area contributed by atoms with Gasteiger partial charge >= 0.3 is 11.8 Å². The summed E-state index contributed by atoms with van der Waals surface area (Å²) in [6, 6.07) is -0.484. The summed E-state index contributed by atoms with van der Waals surface area (Å²) in [6.07, 6.45) is 3.07. The summed E-state index contributed by atoms with van der Waals surface area (Å²) >= 11 is 0. The lowest BCUT2D eigenvalue weighted by atomic mass is 9.93. The molecule has 0 radical (unpaired) electrons. The minimum Gasteiger partial charge on any atom is -0.427 e. The first-order valence-electron chi connectivity index (χ1n) is 8.23. The third-order valence-corrected chi connectivity index (χ3v) is 6.21. The van der Waals surface area contributed by atoms with E-state index in [0.29, 0.717) is 18.4 Å². The quantitative estimate of drug-likeness (QED) is 0.773. The highest BCUT2D eigenvalue weighted by molar-refractivity contribution is 7.91. The van der Waals surface area contributed by atoms with Crippen molar-refractivity contribution in [2.75, 3.05) is 30.8 Å². The number of sulfone groups is 1. The van der Waals surface area contributed by atoms with Crippen molar-refractivity contribution in [3.8, 4) is 0 Å². The summed E-state index contributed by atoms with van der Waals surface area (Å²) in [7, 11) is -3.43. The first-order chi connectivity index (χ1) is 11.8. The number of carbonyl (C=O) groups excluding carboxylic acids is 1. The zero-order valence-electron chi connectivity index (χ0n) is 14.2. The highest BCUT2D eigenvalue weighted by Gasteiger charge is 2.44. The molecule has 11 heteroatoms. The number of nitrogens with one attached hydrogen (secondary N) is 1. The fourth-order valence-electron chi connectivity index (χ4n) is 3.43. The van der Waals surface area contributed by atoms with Crippen molar-refractivity contribution in [1.82, 2.24) is 15.0 Å². The number of nitrogens with zero attached hydrogens (tertiary/aromatic N) is 3. The molecule has 140 valence electrons. The van der Waals surface area contributed by atoms with E-state index in [1.807, 2.05) is 4.90 Å². The molecule has 2 fully saturated rings. The summed E-state index contributed by atoms with van der Waals surface area (Å²) in [5, 5.41) is 3.68. The molecule has 0 spiro atoms. The van der Waals surface area contributed by atoms with Gasteiger partial charge in [-0.2, -0.15) is 0 Å². The maximum absolute atomic E-state index is 11.9. The van der Waals surface area contributed by atoms with Crippen LogP contribution < -0.4 is 10.7 Å². The van der Waals surface area contributed by atoms with Crippen molar-refractivity contribution in [2.45, 2.75) is 37.7 Å². The van der Waals surface area contributed by atoms with Crippen molar-refractivity contribution in [3.63, 3.8) is 0 Å². The molecule has 1 aromatic rings. The van der Waals surface area contributed by atoms with E-state index in [0.717, 1.165) is 38.6 Å². The molecule has 2 aliphatic heterocycles. The van der Waals surface area contributed by atoms with Crippen molar-refractivity contribution in [3.05, 3.63) is 10.6 Å². The molecule has 2 unspecified atom stereocenters. The molecule has 3 rings (SSSR count). The van der Waals surface area contributed by atoms with Crippen LogP contribution in [0, 0.1) is 5.92 Å². The predicted molar refractivity (Wildman–Crippen MR) is 88.0 cm³/mol. The van der Waals surface area contributed by atoms with Crippen molar-refractivity contribution in [1.29, 1.82) is 0 Å². The van der Waals surface area contributed by atoms with Crippen LogP contribution in [0.3, 0.4) is 0 Å². The fourth-order valence-corrected chi connectivity index (χ4v) is 4.55. The Morgan fingerprint density at radius 3 is 2.48 bits per heavy atom. The Bertz CT molecular complexity index is 779. The van der Waals surface area contributed by atoms with E-state index in [-0.39, 0.29) is 0 Å². The van der Waals surface area contributed by atoms with Crippen molar-refractivity contribution in [2.24, 2.45) is 5.92 Å². The van der Waals surface area contributed by atoms with Gasteiger partial charge in [0.05, 0.1) is 6.04 Å². The van der Waals surface area contributed by atoms with Crippen molar-refractivity contribution < 1.29 is 22.5 Å².